The van der Waals surface area contributed by atoms with Crippen molar-refractivity contribution in [1.82, 2.24) is 0 Å². The van der Waals surface area contributed by atoms with Crippen LogP contribution >= 0.6 is 0 Å². The molecule has 1 spiro atoms. The SMILES string of the molecule is CC(=O)O[C@H]1[C@@H](OC(C)=O)[C@]2(C)C(O)OC[C@]3([C@H]4C(=O)[C@H](OC(C)=O)[C@@]5(C)[C@H](c6ccoc6)C[C@H]6O[C@]65[C@]4(C)[C@H](O)C[C@@H]23)[C@H]1O. The number of carbonyl (C=O) groups is 4. The second kappa shape index (κ2) is 9.37. The van der Waals surface area contributed by atoms with E-state index in [1.807, 2.05) is 6.92 Å². The van der Waals surface area contributed by atoms with Crippen molar-refractivity contribution in [3.63, 3.8) is 0 Å². The molecule has 13 nitrogen and oxygen atoms in total. The van der Waals surface area contributed by atoms with Gasteiger partial charge in [0.25, 0.3) is 0 Å². The Morgan fingerprint density at radius 2 is 1.60 bits per heavy atom. The van der Waals surface area contributed by atoms with Crippen molar-refractivity contribution in [2.24, 2.45) is 33.5 Å². The Balaban J connectivity index is 1.47. The molecule has 1 aromatic rings. The number of hydrogen-bond donors (Lipinski definition) is 3. The lowest BCUT2D eigenvalue weighted by molar-refractivity contribution is -0.390. The van der Waals surface area contributed by atoms with Gasteiger partial charge in [-0.1, -0.05) is 20.8 Å². The molecular weight excluding hydrogens is 592 g/mol. The van der Waals surface area contributed by atoms with Crippen LogP contribution in [0.15, 0.2) is 23.0 Å². The van der Waals surface area contributed by atoms with Gasteiger partial charge in [-0.15, -0.1) is 0 Å². The van der Waals surface area contributed by atoms with E-state index in [-0.39, 0.29) is 18.9 Å². The molecule has 2 aliphatic heterocycles. The highest BCUT2D eigenvalue weighted by Gasteiger charge is 2.93. The van der Waals surface area contributed by atoms with Crippen molar-refractivity contribution < 1.29 is 62.6 Å². The Kier molecular flexibility index (Phi) is 6.41. The van der Waals surface area contributed by atoms with Crippen molar-refractivity contribution in [3.05, 3.63) is 24.2 Å². The van der Waals surface area contributed by atoms with E-state index in [2.05, 4.69) is 0 Å². The quantitative estimate of drug-likeness (QED) is 0.242. The van der Waals surface area contributed by atoms with Gasteiger partial charge in [0.2, 0.25) is 0 Å². The molecule has 1 unspecified atom stereocenters. The molecule has 6 fully saturated rings. The summed E-state index contributed by atoms with van der Waals surface area (Å²) in [6.45, 7) is 8.37. The minimum absolute atomic E-state index is 0.0265. The summed E-state index contributed by atoms with van der Waals surface area (Å²) in [4.78, 5) is 52.7. The molecule has 15 atom stereocenters. The van der Waals surface area contributed by atoms with Crippen LogP contribution in [-0.2, 0) is 42.9 Å². The molecule has 1 aromatic heterocycles. The van der Waals surface area contributed by atoms with Gasteiger partial charge < -0.3 is 43.4 Å². The van der Waals surface area contributed by atoms with Gasteiger partial charge in [-0.2, -0.15) is 0 Å². The van der Waals surface area contributed by atoms with Crippen LogP contribution in [0.3, 0.4) is 0 Å². The maximum atomic E-state index is 15.2. The Morgan fingerprint density at radius 1 is 0.933 bits per heavy atom. The highest BCUT2D eigenvalue weighted by molar-refractivity contribution is 5.93. The van der Waals surface area contributed by atoms with Gasteiger partial charge in [0.15, 0.2) is 30.4 Å². The van der Waals surface area contributed by atoms with Gasteiger partial charge in [-0.05, 0) is 30.4 Å². The summed E-state index contributed by atoms with van der Waals surface area (Å²) in [6, 6.07) is 1.80. The van der Waals surface area contributed by atoms with Gasteiger partial charge >= 0.3 is 17.9 Å². The first-order chi connectivity index (χ1) is 21.0. The fraction of sp³-hybridized carbons (Fsp3) is 0.750. The van der Waals surface area contributed by atoms with Gasteiger partial charge in [0.1, 0.15) is 11.7 Å². The first-order valence-corrected chi connectivity index (χ1v) is 15.5. The van der Waals surface area contributed by atoms with Gasteiger partial charge in [0.05, 0.1) is 42.2 Å². The standard InChI is InChI=1S/C32H40O13/c1-13(33)42-22-24(38)31-12-41-27(39)28(4,26(22)44-15(3)35)18(31)10-19(36)30(6)23(31)21(37)25(43-14(2)34)29(5)17(16-7-8-40-11-16)9-20-32(29,30)45-20/h7-8,11,17-20,22-27,36,38-39H,9-10,12H2,1-6H3/t17-,18-,19+,20+,22+,23-,24-,25-,26+,27?,28+,29+,30+,31-,32+/m0/s1. The lowest BCUT2D eigenvalue weighted by Gasteiger charge is -2.73. The highest BCUT2D eigenvalue weighted by Crippen LogP contribution is 2.83. The number of carbonyl (C=O) groups excluding carboxylic acids is 4. The van der Waals surface area contributed by atoms with E-state index >= 15 is 4.79 Å². The number of aliphatic hydroxyl groups excluding tert-OH is 3. The molecule has 0 radical (unpaired) electrons. The number of aliphatic hydroxyl groups is 3. The largest absolute Gasteiger partial charge is 0.472 e. The molecule has 7 rings (SSSR count). The third kappa shape index (κ3) is 3.36. The lowest BCUT2D eigenvalue weighted by atomic mass is 9.33. The zero-order chi connectivity index (χ0) is 32.6. The number of fused-ring (bicyclic) bond motifs is 1. The first-order valence-electron chi connectivity index (χ1n) is 15.5. The predicted octanol–water partition coefficient (Wildman–Crippen LogP) is 1.01. The zero-order valence-electron chi connectivity index (χ0n) is 26.1. The Bertz CT molecular complexity index is 1460. The van der Waals surface area contributed by atoms with Crippen molar-refractivity contribution in [1.29, 1.82) is 0 Å². The molecule has 45 heavy (non-hydrogen) atoms. The van der Waals surface area contributed by atoms with E-state index in [0.29, 0.717) is 6.42 Å². The molecule has 13 heteroatoms. The van der Waals surface area contributed by atoms with Crippen LogP contribution in [0, 0.1) is 33.5 Å². The Morgan fingerprint density at radius 3 is 2.20 bits per heavy atom. The van der Waals surface area contributed by atoms with Crippen molar-refractivity contribution >= 4 is 23.7 Å². The van der Waals surface area contributed by atoms with Crippen LogP contribution in [-0.4, -0.2) is 94.1 Å². The number of furan rings is 1. The topological polar surface area (TPSA) is 192 Å². The number of hydrogen-bond acceptors (Lipinski definition) is 13. The molecule has 2 saturated heterocycles. The predicted molar refractivity (Wildman–Crippen MR) is 148 cm³/mol. The molecule has 6 aliphatic rings. The monoisotopic (exact) mass is 632 g/mol. The average molecular weight is 633 g/mol. The fourth-order valence-electron chi connectivity index (χ4n) is 11.3. The second-order valence-corrected chi connectivity index (χ2v) is 14.6. The molecule has 2 bridgehead atoms. The summed E-state index contributed by atoms with van der Waals surface area (Å²) in [6.07, 6.45) is -5.53. The second-order valence-electron chi connectivity index (χ2n) is 14.6. The lowest BCUT2D eigenvalue weighted by Crippen LogP contribution is -2.84. The maximum Gasteiger partial charge on any atom is 0.303 e. The maximum absolute atomic E-state index is 15.2. The Hall–Kier alpha value is -2.84. The van der Waals surface area contributed by atoms with Crippen molar-refractivity contribution in [3.8, 4) is 0 Å². The zero-order valence-corrected chi connectivity index (χ0v) is 26.1. The minimum Gasteiger partial charge on any atom is -0.472 e. The number of Topliss-reactive ketones (excluding diaryl/α,β-unsaturated/α-hetero) is 1. The number of ketones is 1. The highest BCUT2D eigenvalue weighted by atomic mass is 16.6. The van der Waals surface area contributed by atoms with E-state index in [1.165, 1.54) is 13.2 Å². The van der Waals surface area contributed by atoms with E-state index in [1.54, 1.807) is 26.2 Å². The van der Waals surface area contributed by atoms with Crippen LogP contribution in [0.2, 0.25) is 0 Å². The van der Waals surface area contributed by atoms with E-state index < -0.39 is 106 Å². The number of rotatable bonds is 4. The van der Waals surface area contributed by atoms with Crippen LogP contribution in [0.1, 0.15) is 65.9 Å². The van der Waals surface area contributed by atoms with E-state index in [9.17, 15) is 29.7 Å². The summed E-state index contributed by atoms with van der Waals surface area (Å²) >= 11 is 0. The van der Waals surface area contributed by atoms with Gasteiger partial charge in [-0.3, -0.25) is 19.2 Å². The molecule has 4 saturated carbocycles. The third-order valence-electron chi connectivity index (χ3n) is 12.9. The normalized spacial score (nSPS) is 52.4. The van der Waals surface area contributed by atoms with Crippen LogP contribution in [0.4, 0.5) is 0 Å². The third-order valence-corrected chi connectivity index (χ3v) is 12.9. The number of esters is 3. The average Bonchev–Trinajstić information content (AvgIpc) is 3.32. The van der Waals surface area contributed by atoms with E-state index in [4.69, 9.17) is 28.1 Å². The minimum atomic E-state index is -1.65. The molecule has 0 amide bonds. The van der Waals surface area contributed by atoms with Gasteiger partial charge in [0, 0.05) is 43.4 Å². The molecule has 3 N–H and O–H groups in total. The van der Waals surface area contributed by atoms with Crippen LogP contribution < -0.4 is 0 Å². The van der Waals surface area contributed by atoms with Gasteiger partial charge in [-0.25, -0.2) is 0 Å². The van der Waals surface area contributed by atoms with Crippen molar-refractivity contribution in [2.45, 2.75) is 109 Å². The summed E-state index contributed by atoms with van der Waals surface area (Å²) in [5, 5.41) is 36.1. The number of ether oxygens (including phenoxy) is 5. The van der Waals surface area contributed by atoms with Crippen LogP contribution in [0.25, 0.3) is 0 Å². The summed E-state index contributed by atoms with van der Waals surface area (Å²) in [7, 11) is 0. The van der Waals surface area contributed by atoms with E-state index in [0.717, 1.165) is 19.4 Å². The van der Waals surface area contributed by atoms with Crippen molar-refractivity contribution in [2.75, 3.05) is 6.61 Å². The Labute approximate surface area is 259 Å². The summed E-state index contributed by atoms with van der Waals surface area (Å²) < 4.78 is 35.2. The first kappa shape index (κ1) is 30.8. The summed E-state index contributed by atoms with van der Waals surface area (Å²) in [5.74, 6) is -5.22. The van der Waals surface area contributed by atoms with Crippen LogP contribution in [0.5, 0.6) is 0 Å². The fourth-order valence-corrected chi connectivity index (χ4v) is 11.3. The molecule has 0 aromatic carbocycles. The summed E-state index contributed by atoms with van der Waals surface area (Å²) in [5.41, 5.74) is -6.02. The number of epoxide rings is 1. The molecule has 4 aliphatic carbocycles. The molecule has 3 heterocycles. The molecular formula is C32H40O13. The smallest absolute Gasteiger partial charge is 0.303 e. The molecule has 246 valence electrons.